The summed E-state index contributed by atoms with van der Waals surface area (Å²) >= 11 is 3.06. The Hall–Kier alpha value is -1.40. The molecule has 1 aromatic carbocycles. The zero-order valence-corrected chi connectivity index (χ0v) is 13.5. The summed E-state index contributed by atoms with van der Waals surface area (Å²) < 4.78 is 0.894. The highest BCUT2D eigenvalue weighted by Crippen LogP contribution is 2.25. The number of aryl methyl sites for hydroxylation is 2. The molecule has 1 heterocycles. The van der Waals surface area contributed by atoms with Crippen molar-refractivity contribution in [3.8, 4) is 0 Å². The smallest absolute Gasteiger partial charge is 0.230 e. The molecule has 3 rings (SSSR count). The molecule has 0 atom stereocenters. The predicted molar refractivity (Wildman–Crippen MR) is 87.1 cm³/mol. The van der Waals surface area contributed by atoms with E-state index in [0.29, 0.717) is 11.6 Å². The number of carbonyl (C=O) groups excluding carboxylic acids is 1. The number of carbonyl (C=O) groups is 1. The highest BCUT2D eigenvalue weighted by molar-refractivity contribution is 8.01. The molecule has 4 nitrogen and oxygen atoms in total. The van der Waals surface area contributed by atoms with Crippen LogP contribution in [-0.4, -0.2) is 21.9 Å². The van der Waals surface area contributed by atoms with E-state index in [-0.39, 0.29) is 5.91 Å². The average Bonchev–Trinajstić information content (AvgIpc) is 3.08. The molecule has 2 aromatic rings. The fourth-order valence-electron chi connectivity index (χ4n) is 2.53. The Morgan fingerprint density at radius 3 is 3.05 bits per heavy atom. The van der Waals surface area contributed by atoms with Gasteiger partial charge < -0.3 is 5.32 Å². The van der Waals surface area contributed by atoms with Crippen LogP contribution in [0.5, 0.6) is 0 Å². The van der Waals surface area contributed by atoms with Crippen molar-refractivity contribution in [3.05, 3.63) is 34.9 Å². The Morgan fingerprint density at radius 1 is 1.33 bits per heavy atom. The SMILES string of the molecule is CCSc1nnc(NC(=O)Cc2ccc3c(c2)CCC3)s1. The summed E-state index contributed by atoms with van der Waals surface area (Å²) in [4.78, 5) is 12.1. The molecule has 0 saturated carbocycles. The fourth-order valence-corrected chi connectivity index (χ4v) is 4.19. The molecule has 1 N–H and O–H groups in total. The van der Waals surface area contributed by atoms with E-state index in [4.69, 9.17) is 0 Å². The van der Waals surface area contributed by atoms with Crippen LogP contribution in [0, 0.1) is 0 Å². The highest BCUT2D eigenvalue weighted by Gasteiger charge is 2.13. The van der Waals surface area contributed by atoms with Gasteiger partial charge in [-0.1, -0.05) is 48.2 Å². The second-order valence-electron chi connectivity index (χ2n) is 4.99. The van der Waals surface area contributed by atoms with Crippen molar-refractivity contribution in [3.63, 3.8) is 0 Å². The summed E-state index contributed by atoms with van der Waals surface area (Å²) in [6.45, 7) is 2.07. The molecule has 1 amide bonds. The van der Waals surface area contributed by atoms with Crippen molar-refractivity contribution < 1.29 is 4.79 Å². The quantitative estimate of drug-likeness (QED) is 0.678. The Labute approximate surface area is 132 Å². The van der Waals surface area contributed by atoms with Crippen LogP contribution in [0.15, 0.2) is 22.5 Å². The van der Waals surface area contributed by atoms with Crippen molar-refractivity contribution >= 4 is 34.1 Å². The number of thioether (sulfide) groups is 1. The minimum Gasteiger partial charge on any atom is -0.300 e. The normalized spacial score (nSPS) is 13.2. The molecule has 0 spiro atoms. The van der Waals surface area contributed by atoms with Crippen LogP contribution >= 0.6 is 23.1 Å². The zero-order valence-electron chi connectivity index (χ0n) is 11.9. The van der Waals surface area contributed by atoms with Crippen molar-refractivity contribution in [1.29, 1.82) is 0 Å². The van der Waals surface area contributed by atoms with E-state index in [1.54, 1.807) is 11.8 Å². The van der Waals surface area contributed by atoms with Gasteiger partial charge in [0, 0.05) is 0 Å². The standard InChI is InChI=1S/C15H17N3OS2/c1-2-20-15-18-17-14(21-15)16-13(19)9-10-6-7-11-4-3-5-12(11)8-10/h6-8H,2-5,9H2,1H3,(H,16,17,19). The van der Waals surface area contributed by atoms with Gasteiger partial charge in [0.25, 0.3) is 0 Å². The topological polar surface area (TPSA) is 54.9 Å². The van der Waals surface area contributed by atoms with Crippen molar-refractivity contribution in [2.75, 3.05) is 11.1 Å². The molecular weight excluding hydrogens is 302 g/mol. The molecular formula is C15H17N3OS2. The number of amides is 1. The number of fused-ring (bicyclic) bond motifs is 1. The summed E-state index contributed by atoms with van der Waals surface area (Å²) in [6, 6.07) is 6.38. The van der Waals surface area contributed by atoms with Gasteiger partial charge >= 0.3 is 0 Å². The third-order valence-corrected chi connectivity index (χ3v) is 5.30. The van der Waals surface area contributed by atoms with Crippen molar-refractivity contribution in [2.24, 2.45) is 0 Å². The summed E-state index contributed by atoms with van der Waals surface area (Å²) in [5.41, 5.74) is 3.91. The molecule has 6 heteroatoms. The van der Waals surface area contributed by atoms with Crippen LogP contribution in [0.4, 0.5) is 5.13 Å². The minimum absolute atomic E-state index is 0.0304. The molecule has 0 fully saturated rings. The highest BCUT2D eigenvalue weighted by atomic mass is 32.2. The first-order chi connectivity index (χ1) is 10.2. The average molecular weight is 319 g/mol. The number of hydrogen-bond acceptors (Lipinski definition) is 5. The number of benzene rings is 1. The maximum atomic E-state index is 12.1. The van der Waals surface area contributed by atoms with Gasteiger partial charge in [-0.25, -0.2) is 0 Å². The maximum absolute atomic E-state index is 12.1. The number of anilines is 1. The third-order valence-electron chi connectivity index (χ3n) is 3.45. The van der Waals surface area contributed by atoms with Crippen LogP contribution in [0.1, 0.15) is 30.0 Å². The van der Waals surface area contributed by atoms with E-state index < -0.39 is 0 Å². The van der Waals surface area contributed by atoms with Crippen molar-refractivity contribution in [1.82, 2.24) is 10.2 Å². The minimum atomic E-state index is -0.0304. The van der Waals surface area contributed by atoms with E-state index in [9.17, 15) is 4.79 Å². The maximum Gasteiger partial charge on any atom is 0.230 e. The lowest BCUT2D eigenvalue weighted by molar-refractivity contribution is -0.115. The third kappa shape index (κ3) is 3.63. The first kappa shape index (κ1) is 14.5. The Bertz CT molecular complexity index is 654. The molecule has 1 aliphatic rings. The van der Waals surface area contributed by atoms with Gasteiger partial charge in [0.05, 0.1) is 6.42 Å². The molecule has 0 radical (unpaired) electrons. The van der Waals surface area contributed by atoms with Gasteiger partial charge in [-0.05, 0) is 41.7 Å². The largest absolute Gasteiger partial charge is 0.300 e. The van der Waals surface area contributed by atoms with E-state index in [2.05, 4.69) is 40.6 Å². The number of aromatic nitrogens is 2. The van der Waals surface area contributed by atoms with E-state index in [1.807, 2.05) is 0 Å². The summed E-state index contributed by atoms with van der Waals surface area (Å²) in [6.07, 6.45) is 3.93. The number of hydrogen-bond donors (Lipinski definition) is 1. The van der Waals surface area contributed by atoms with Gasteiger partial charge in [0.2, 0.25) is 11.0 Å². The van der Waals surface area contributed by atoms with Gasteiger partial charge in [-0.2, -0.15) is 0 Å². The number of rotatable bonds is 5. The molecule has 0 saturated heterocycles. The first-order valence-electron chi connectivity index (χ1n) is 7.11. The lowest BCUT2D eigenvalue weighted by atomic mass is 10.0. The second-order valence-corrected chi connectivity index (χ2v) is 7.48. The van der Waals surface area contributed by atoms with Gasteiger partial charge in [0.15, 0.2) is 4.34 Å². The lowest BCUT2D eigenvalue weighted by Gasteiger charge is -2.04. The summed E-state index contributed by atoms with van der Waals surface area (Å²) in [5, 5.41) is 11.4. The number of nitrogens with zero attached hydrogens (tertiary/aromatic N) is 2. The molecule has 110 valence electrons. The molecule has 1 aromatic heterocycles. The molecule has 0 bridgehead atoms. The Balaban J connectivity index is 1.60. The zero-order chi connectivity index (χ0) is 14.7. The first-order valence-corrected chi connectivity index (χ1v) is 8.91. The van der Waals surface area contributed by atoms with Crippen LogP contribution in [-0.2, 0) is 24.1 Å². The second kappa shape index (κ2) is 6.58. The van der Waals surface area contributed by atoms with E-state index in [1.165, 1.54) is 35.3 Å². The predicted octanol–water partition coefficient (Wildman–Crippen LogP) is 3.32. The van der Waals surface area contributed by atoms with Crippen LogP contribution in [0.2, 0.25) is 0 Å². The molecule has 0 unspecified atom stereocenters. The van der Waals surface area contributed by atoms with E-state index in [0.717, 1.165) is 22.1 Å². The van der Waals surface area contributed by atoms with Gasteiger partial charge in [-0.3, -0.25) is 4.79 Å². The van der Waals surface area contributed by atoms with Gasteiger partial charge in [0.1, 0.15) is 0 Å². The Morgan fingerprint density at radius 2 is 2.19 bits per heavy atom. The molecule has 0 aliphatic heterocycles. The summed E-state index contributed by atoms with van der Waals surface area (Å²) in [7, 11) is 0. The molecule has 1 aliphatic carbocycles. The summed E-state index contributed by atoms with van der Waals surface area (Å²) in [5.74, 6) is 0.926. The van der Waals surface area contributed by atoms with Crippen LogP contribution < -0.4 is 5.32 Å². The van der Waals surface area contributed by atoms with Crippen LogP contribution in [0.3, 0.4) is 0 Å². The van der Waals surface area contributed by atoms with Crippen LogP contribution in [0.25, 0.3) is 0 Å². The van der Waals surface area contributed by atoms with Crippen molar-refractivity contribution in [2.45, 2.75) is 36.9 Å². The monoisotopic (exact) mass is 319 g/mol. The lowest BCUT2D eigenvalue weighted by Crippen LogP contribution is -2.14. The number of nitrogens with one attached hydrogen (secondary N) is 1. The Kier molecular flexibility index (Phi) is 4.55. The van der Waals surface area contributed by atoms with E-state index >= 15 is 0 Å². The molecule has 21 heavy (non-hydrogen) atoms. The fraction of sp³-hybridized carbons (Fsp3) is 0.400. The van der Waals surface area contributed by atoms with Gasteiger partial charge in [-0.15, -0.1) is 10.2 Å².